The summed E-state index contributed by atoms with van der Waals surface area (Å²) in [7, 11) is 0. The minimum atomic E-state index is -0.137. The van der Waals surface area contributed by atoms with E-state index in [0.717, 1.165) is 29.4 Å². The number of phenols is 1. The molecule has 1 heterocycles. The van der Waals surface area contributed by atoms with E-state index in [4.69, 9.17) is 4.74 Å². The largest absolute Gasteiger partial charge is 0.508 e. The summed E-state index contributed by atoms with van der Waals surface area (Å²) in [5.41, 5.74) is 3.39. The lowest BCUT2D eigenvalue weighted by atomic mass is 10.0. The van der Waals surface area contributed by atoms with Gasteiger partial charge in [-0.15, -0.1) is 0 Å². The Labute approximate surface area is 111 Å². The monoisotopic (exact) mass is 259 g/mol. The normalized spacial score (nSPS) is 17.6. The second-order valence-electron chi connectivity index (χ2n) is 4.99. The first kappa shape index (κ1) is 12.1. The van der Waals surface area contributed by atoms with E-state index >= 15 is 0 Å². The summed E-state index contributed by atoms with van der Waals surface area (Å²) in [6.07, 6.45) is 2.34. The standard InChI is InChI=1S/C15H17NO3/c1-2-19-14(18)7-9-3-5-11-12-8-10(17)4-6-13(12)16-15(9)11/h4,6,8-9,16-17H,2-3,5,7H2,1H3/t9-/m0/s1. The van der Waals surface area contributed by atoms with E-state index in [-0.39, 0.29) is 17.6 Å². The molecule has 1 aliphatic carbocycles. The van der Waals surface area contributed by atoms with E-state index in [1.807, 2.05) is 13.0 Å². The second kappa shape index (κ2) is 4.61. The van der Waals surface area contributed by atoms with Gasteiger partial charge in [-0.2, -0.15) is 0 Å². The Balaban J connectivity index is 1.92. The third kappa shape index (κ3) is 2.07. The highest BCUT2D eigenvalue weighted by Crippen LogP contribution is 2.40. The van der Waals surface area contributed by atoms with Gasteiger partial charge in [-0.05, 0) is 43.5 Å². The number of H-pyrrole nitrogens is 1. The highest BCUT2D eigenvalue weighted by Gasteiger charge is 2.28. The SMILES string of the molecule is CCOC(=O)C[C@@H]1CCc2c1[nH]c1ccc(O)cc21. The molecule has 0 unspecified atom stereocenters. The molecule has 1 atom stereocenters. The number of fused-ring (bicyclic) bond motifs is 3. The molecule has 4 nitrogen and oxygen atoms in total. The smallest absolute Gasteiger partial charge is 0.306 e. The summed E-state index contributed by atoms with van der Waals surface area (Å²) < 4.78 is 5.02. The molecule has 0 fully saturated rings. The van der Waals surface area contributed by atoms with Gasteiger partial charge in [-0.3, -0.25) is 4.79 Å². The van der Waals surface area contributed by atoms with Crippen LogP contribution in [-0.2, 0) is 16.0 Å². The number of benzene rings is 1. The average Bonchev–Trinajstić information content (AvgIpc) is 2.90. The van der Waals surface area contributed by atoms with Crippen LogP contribution in [0.3, 0.4) is 0 Å². The number of aromatic hydroxyl groups is 1. The van der Waals surface area contributed by atoms with Gasteiger partial charge in [-0.1, -0.05) is 0 Å². The van der Waals surface area contributed by atoms with Crippen molar-refractivity contribution in [1.29, 1.82) is 0 Å². The topological polar surface area (TPSA) is 62.3 Å². The predicted molar refractivity (Wildman–Crippen MR) is 72.3 cm³/mol. The number of nitrogens with one attached hydrogen (secondary N) is 1. The van der Waals surface area contributed by atoms with Crippen LogP contribution in [0.15, 0.2) is 18.2 Å². The third-order valence-electron chi connectivity index (χ3n) is 3.79. The maximum atomic E-state index is 11.6. The fourth-order valence-electron chi connectivity index (χ4n) is 2.96. The van der Waals surface area contributed by atoms with Crippen LogP contribution in [0.1, 0.15) is 36.9 Å². The maximum absolute atomic E-state index is 11.6. The number of aryl methyl sites for hydroxylation is 1. The number of carbonyl (C=O) groups is 1. The first-order chi connectivity index (χ1) is 9.19. The number of hydrogen-bond donors (Lipinski definition) is 2. The molecule has 2 aromatic rings. The number of carbonyl (C=O) groups excluding carboxylic acids is 1. The number of esters is 1. The molecule has 1 aromatic carbocycles. The van der Waals surface area contributed by atoms with Crippen LogP contribution >= 0.6 is 0 Å². The Morgan fingerprint density at radius 2 is 2.37 bits per heavy atom. The molecule has 2 N–H and O–H groups in total. The number of aromatic amines is 1. The number of aromatic nitrogens is 1. The van der Waals surface area contributed by atoms with Crippen molar-refractivity contribution in [2.45, 2.75) is 32.1 Å². The van der Waals surface area contributed by atoms with Gasteiger partial charge in [0.25, 0.3) is 0 Å². The molecule has 1 aromatic heterocycles. The Morgan fingerprint density at radius 1 is 1.53 bits per heavy atom. The molecule has 0 spiro atoms. The number of ether oxygens (including phenoxy) is 1. The molecular formula is C15H17NO3. The molecule has 1 aliphatic rings. The fourth-order valence-corrected chi connectivity index (χ4v) is 2.96. The molecule has 0 amide bonds. The highest BCUT2D eigenvalue weighted by atomic mass is 16.5. The molecule has 0 saturated heterocycles. The predicted octanol–water partition coefficient (Wildman–Crippen LogP) is 2.86. The Bertz CT molecular complexity index is 630. The van der Waals surface area contributed by atoms with E-state index in [1.165, 1.54) is 5.56 Å². The fraction of sp³-hybridized carbons (Fsp3) is 0.400. The van der Waals surface area contributed by atoms with Crippen LogP contribution in [-0.4, -0.2) is 22.7 Å². The summed E-state index contributed by atoms with van der Waals surface area (Å²) in [5, 5.41) is 10.6. The summed E-state index contributed by atoms with van der Waals surface area (Å²) in [5.74, 6) is 0.355. The van der Waals surface area contributed by atoms with Gasteiger partial charge in [0.2, 0.25) is 0 Å². The number of phenolic OH excluding ortho intramolecular Hbond substituents is 1. The number of rotatable bonds is 3. The Morgan fingerprint density at radius 3 is 3.16 bits per heavy atom. The van der Waals surface area contributed by atoms with Crippen molar-refractivity contribution in [2.75, 3.05) is 6.61 Å². The first-order valence-electron chi connectivity index (χ1n) is 6.68. The minimum absolute atomic E-state index is 0.137. The second-order valence-corrected chi connectivity index (χ2v) is 4.99. The zero-order valence-corrected chi connectivity index (χ0v) is 10.9. The first-order valence-corrected chi connectivity index (χ1v) is 6.68. The summed E-state index contributed by atoms with van der Waals surface area (Å²) in [6, 6.07) is 5.34. The summed E-state index contributed by atoms with van der Waals surface area (Å²) in [4.78, 5) is 15.0. The number of hydrogen-bond acceptors (Lipinski definition) is 3. The quantitative estimate of drug-likeness (QED) is 0.833. The van der Waals surface area contributed by atoms with Gasteiger partial charge in [0, 0.05) is 22.5 Å². The van der Waals surface area contributed by atoms with Gasteiger partial charge < -0.3 is 14.8 Å². The van der Waals surface area contributed by atoms with Gasteiger partial charge in [0.05, 0.1) is 13.0 Å². The van der Waals surface area contributed by atoms with Gasteiger partial charge in [0.1, 0.15) is 5.75 Å². The molecule has 3 rings (SSSR count). The molecule has 0 aliphatic heterocycles. The van der Waals surface area contributed by atoms with Gasteiger partial charge >= 0.3 is 5.97 Å². The molecular weight excluding hydrogens is 242 g/mol. The molecule has 19 heavy (non-hydrogen) atoms. The third-order valence-corrected chi connectivity index (χ3v) is 3.79. The van der Waals surface area contributed by atoms with Crippen molar-refractivity contribution in [1.82, 2.24) is 4.98 Å². The zero-order chi connectivity index (χ0) is 13.4. The lowest BCUT2D eigenvalue weighted by Gasteiger charge is -2.08. The summed E-state index contributed by atoms with van der Waals surface area (Å²) in [6.45, 7) is 2.25. The maximum Gasteiger partial charge on any atom is 0.306 e. The lowest BCUT2D eigenvalue weighted by Crippen LogP contribution is -2.08. The molecule has 100 valence electrons. The van der Waals surface area contributed by atoms with E-state index in [9.17, 15) is 9.90 Å². The molecule has 0 bridgehead atoms. The van der Waals surface area contributed by atoms with Gasteiger partial charge in [0.15, 0.2) is 0 Å². The lowest BCUT2D eigenvalue weighted by molar-refractivity contribution is -0.143. The van der Waals surface area contributed by atoms with Crippen LogP contribution in [0.5, 0.6) is 5.75 Å². The van der Waals surface area contributed by atoms with Crippen LogP contribution in [0, 0.1) is 0 Å². The van der Waals surface area contributed by atoms with Crippen LogP contribution in [0.2, 0.25) is 0 Å². The van der Waals surface area contributed by atoms with Crippen LogP contribution in [0.4, 0.5) is 0 Å². The molecule has 0 radical (unpaired) electrons. The van der Waals surface area contributed by atoms with Crippen molar-refractivity contribution in [3.8, 4) is 5.75 Å². The molecule has 4 heteroatoms. The van der Waals surface area contributed by atoms with Crippen LogP contribution in [0.25, 0.3) is 10.9 Å². The summed E-state index contributed by atoms with van der Waals surface area (Å²) >= 11 is 0. The van der Waals surface area contributed by atoms with Crippen molar-refractivity contribution >= 4 is 16.9 Å². The van der Waals surface area contributed by atoms with E-state index in [1.54, 1.807) is 12.1 Å². The highest BCUT2D eigenvalue weighted by molar-refractivity contribution is 5.87. The zero-order valence-electron chi connectivity index (χ0n) is 10.9. The average molecular weight is 259 g/mol. The minimum Gasteiger partial charge on any atom is -0.508 e. The van der Waals surface area contributed by atoms with E-state index in [2.05, 4.69) is 4.98 Å². The van der Waals surface area contributed by atoms with Crippen molar-refractivity contribution < 1.29 is 14.6 Å². The Kier molecular flexibility index (Phi) is 2.93. The van der Waals surface area contributed by atoms with Crippen molar-refractivity contribution in [3.63, 3.8) is 0 Å². The van der Waals surface area contributed by atoms with Gasteiger partial charge in [-0.25, -0.2) is 0 Å². The van der Waals surface area contributed by atoms with Crippen molar-refractivity contribution in [3.05, 3.63) is 29.5 Å². The van der Waals surface area contributed by atoms with E-state index in [0.29, 0.717) is 13.0 Å². The Hall–Kier alpha value is -1.97. The van der Waals surface area contributed by atoms with E-state index < -0.39 is 0 Å². The van der Waals surface area contributed by atoms with Crippen LogP contribution < -0.4 is 0 Å². The van der Waals surface area contributed by atoms with Crippen molar-refractivity contribution in [2.24, 2.45) is 0 Å². The molecule has 0 saturated carbocycles.